The summed E-state index contributed by atoms with van der Waals surface area (Å²) in [6.45, 7) is 1.66. The summed E-state index contributed by atoms with van der Waals surface area (Å²) in [4.78, 5) is 25.4. The number of aromatic nitrogens is 1. The van der Waals surface area contributed by atoms with Gasteiger partial charge < -0.3 is 10.4 Å². The van der Waals surface area contributed by atoms with Crippen LogP contribution >= 0.6 is 15.9 Å². The first kappa shape index (κ1) is 15.7. The van der Waals surface area contributed by atoms with Gasteiger partial charge in [-0.05, 0) is 48.5 Å². The number of carboxylic acids is 1. The van der Waals surface area contributed by atoms with Crippen molar-refractivity contribution >= 4 is 33.4 Å². The number of hydrogen-bond donors (Lipinski definition) is 2. The van der Waals surface area contributed by atoms with Crippen LogP contribution in [-0.4, -0.2) is 27.0 Å². The predicted octanol–water partition coefficient (Wildman–Crippen LogP) is 3.12. The second kappa shape index (κ2) is 6.38. The van der Waals surface area contributed by atoms with Crippen LogP contribution in [0.2, 0.25) is 0 Å². The highest BCUT2D eigenvalue weighted by atomic mass is 79.9. The molecule has 0 bridgehead atoms. The molecule has 114 valence electrons. The monoisotopic (exact) mass is 357 g/mol. The Labute approximate surface area is 130 Å². The van der Waals surface area contributed by atoms with Gasteiger partial charge in [0, 0.05) is 11.6 Å². The van der Waals surface area contributed by atoms with Crippen LogP contribution in [0.25, 0.3) is 0 Å². The van der Waals surface area contributed by atoms with Crippen molar-refractivity contribution in [3.8, 4) is 0 Å². The van der Waals surface area contributed by atoms with E-state index in [-0.39, 0.29) is 17.6 Å². The number of halogens is 1. The molecule has 0 spiro atoms. The molecular weight excluding hydrogens is 342 g/mol. The van der Waals surface area contributed by atoms with Gasteiger partial charge in [-0.1, -0.05) is 0 Å². The number of nitro groups is 1. The maximum absolute atomic E-state index is 10.9. The molecule has 0 aliphatic heterocycles. The maximum atomic E-state index is 10.9. The van der Waals surface area contributed by atoms with Crippen LogP contribution < -0.4 is 5.32 Å². The van der Waals surface area contributed by atoms with Crippen LogP contribution in [0.3, 0.4) is 0 Å². The molecule has 1 aliphatic carbocycles. The van der Waals surface area contributed by atoms with Crippen LogP contribution in [-0.2, 0) is 4.79 Å². The third-order valence-electron chi connectivity index (χ3n) is 3.85. The molecule has 1 fully saturated rings. The first-order valence-electron chi connectivity index (χ1n) is 6.69. The number of nitrogens with one attached hydrogen (secondary N) is 1. The zero-order valence-electron chi connectivity index (χ0n) is 11.5. The van der Waals surface area contributed by atoms with Gasteiger partial charge in [0.1, 0.15) is 12.0 Å². The van der Waals surface area contributed by atoms with Gasteiger partial charge in [0.05, 0.1) is 15.3 Å². The Hall–Kier alpha value is -1.70. The molecule has 8 heteroatoms. The summed E-state index contributed by atoms with van der Waals surface area (Å²) in [5.41, 5.74) is 0.499. The third-order valence-corrected chi connectivity index (χ3v) is 4.82. The van der Waals surface area contributed by atoms with Gasteiger partial charge in [0.15, 0.2) is 0 Å². The molecule has 7 nitrogen and oxygen atoms in total. The molecule has 0 atom stereocenters. The highest BCUT2D eigenvalue weighted by Crippen LogP contribution is 2.33. The Bertz CT molecular complexity index is 571. The molecule has 0 aromatic carbocycles. The van der Waals surface area contributed by atoms with Gasteiger partial charge >= 0.3 is 5.97 Å². The quantitative estimate of drug-likeness (QED) is 0.633. The van der Waals surface area contributed by atoms with Crippen molar-refractivity contribution < 1.29 is 14.8 Å². The number of anilines is 1. The smallest absolute Gasteiger partial charge is 0.306 e. The summed E-state index contributed by atoms with van der Waals surface area (Å²) >= 11 is 3.34. The molecule has 0 radical (unpaired) electrons. The van der Waals surface area contributed by atoms with Gasteiger partial charge in [-0.3, -0.25) is 14.9 Å². The summed E-state index contributed by atoms with van der Waals surface area (Å²) < 4.78 is 0.581. The van der Waals surface area contributed by atoms with E-state index >= 15 is 0 Å². The lowest BCUT2D eigenvalue weighted by Gasteiger charge is -2.27. The average Bonchev–Trinajstić information content (AvgIpc) is 2.44. The molecule has 1 aliphatic rings. The van der Waals surface area contributed by atoms with E-state index in [0.29, 0.717) is 28.7 Å². The van der Waals surface area contributed by atoms with Crippen molar-refractivity contribution in [2.75, 3.05) is 5.32 Å². The fourth-order valence-corrected chi connectivity index (χ4v) is 2.95. The second-order valence-corrected chi connectivity index (χ2v) is 6.01. The molecule has 1 aromatic rings. The summed E-state index contributed by atoms with van der Waals surface area (Å²) in [6.07, 6.45) is 4.01. The van der Waals surface area contributed by atoms with Gasteiger partial charge in [-0.15, -0.1) is 0 Å². The van der Waals surface area contributed by atoms with Crippen molar-refractivity contribution in [3.05, 3.63) is 26.3 Å². The molecule has 1 aromatic heterocycles. The van der Waals surface area contributed by atoms with Gasteiger partial charge in [-0.25, -0.2) is 4.98 Å². The minimum atomic E-state index is -0.737. The Kier molecular flexibility index (Phi) is 4.76. The largest absolute Gasteiger partial charge is 0.481 e. The average molecular weight is 358 g/mol. The van der Waals surface area contributed by atoms with Crippen LogP contribution in [0.5, 0.6) is 0 Å². The molecule has 2 N–H and O–H groups in total. The summed E-state index contributed by atoms with van der Waals surface area (Å²) in [5, 5.41) is 23.1. The van der Waals surface area contributed by atoms with Crippen molar-refractivity contribution in [1.29, 1.82) is 0 Å². The number of pyridine rings is 1. The fourth-order valence-electron chi connectivity index (χ4n) is 2.53. The number of carbonyl (C=O) groups is 1. The molecule has 0 saturated heterocycles. The second-order valence-electron chi connectivity index (χ2n) is 5.22. The standard InChI is InChI=1S/C13H16BrN3O4/c1-7-10(17(20)21)6-15-12(11(7)14)16-9-4-2-8(3-5-9)13(18)19/h6,8-9H,2-5H2,1H3,(H,15,16)(H,18,19). The van der Waals surface area contributed by atoms with Gasteiger partial charge in [0.25, 0.3) is 5.69 Å². The van der Waals surface area contributed by atoms with E-state index in [4.69, 9.17) is 5.11 Å². The lowest BCUT2D eigenvalue weighted by Crippen LogP contribution is -2.29. The highest BCUT2D eigenvalue weighted by Gasteiger charge is 2.27. The number of hydrogen-bond acceptors (Lipinski definition) is 5. The first-order valence-corrected chi connectivity index (χ1v) is 7.48. The topological polar surface area (TPSA) is 105 Å². The minimum Gasteiger partial charge on any atom is -0.481 e. The Balaban J connectivity index is 2.06. The van der Waals surface area contributed by atoms with Crippen LogP contribution in [0, 0.1) is 23.0 Å². The summed E-state index contributed by atoms with van der Waals surface area (Å²) in [5.74, 6) is -0.436. The normalized spacial score (nSPS) is 21.8. The molecule has 0 unspecified atom stereocenters. The molecule has 1 heterocycles. The van der Waals surface area contributed by atoms with Crippen molar-refractivity contribution in [2.24, 2.45) is 5.92 Å². The van der Waals surface area contributed by atoms with Gasteiger partial charge in [-0.2, -0.15) is 0 Å². The van der Waals surface area contributed by atoms with Crippen molar-refractivity contribution in [1.82, 2.24) is 4.98 Å². The van der Waals surface area contributed by atoms with E-state index in [9.17, 15) is 14.9 Å². The third kappa shape index (κ3) is 3.49. The molecule has 1 saturated carbocycles. The van der Waals surface area contributed by atoms with E-state index in [0.717, 1.165) is 12.8 Å². The van der Waals surface area contributed by atoms with E-state index in [1.807, 2.05) is 0 Å². The zero-order valence-corrected chi connectivity index (χ0v) is 13.1. The molecular formula is C13H16BrN3O4. The molecule has 21 heavy (non-hydrogen) atoms. The van der Waals surface area contributed by atoms with E-state index in [1.54, 1.807) is 6.92 Å². The fraction of sp³-hybridized carbons (Fsp3) is 0.538. The molecule has 0 amide bonds. The molecule has 2 rings (SSSR count). The summed E-state index contributed by atoms with van der Waals surface area (Å²) in [6, 6.07) is 0.144. The number of aliphatic carboxylic acids is 1. The predicted molar refractivity (Wildman–Crippen MR) is 80.3 cm³/mol. The minimum absolute atomic E-state index is 0.0259. The Morgan fingerprint density at radius 2 is 2.10 bits per heavy atom. The van der Waals surface area contributed by atoms with E-state index < -0.39 is 10.9 Å². The maximum Gasteiger partial charge on any atom is 0.306 e. The van der Waals surface area contributed by atoms with Crippen LogP contribution in [0.15, 0.2) is 10.7 Å². The van der Waals surface area contributed by atoms with Crippen LogP contribution in [0.4, 0.5) is 11.5 Å². The first-order chi connectivity index (χ1) is 9.90. The van der Waals surface area contributed by atoms with Crippen molar-refractivity contribution in [3.63, 3.8) is 0 Å². The number of carboxylic acid groups (broad SMARTS) is 1. The number of nitrogens with zero attached hydrogens (tertiary/aromatic N) is 2. The van der Waals surface area contributed by atoms with Crippen molar-refractivity contribution in [2.45, 2.75) is 38.6 Å². The summed E-state index contributed by atoms with van der Waals surface area (Å²) in [7, 11) is 0. The lowest BCUT2D eigenvalue weighted by molar-refractivity contribution is -0.385. The van der Waals surface area contributed by atoms with E-state index in [1.165, 1.54) is 6.20 Å². The zero-order chi connectivity index (χ0) is 15.6. The van der Waals surface area contributed by atoms with Crippen LogP contribution in [0.1, 0.15) is 31.2 Å². The van der Waals surface area contributed by atoms with E-state index in [2.05, 4.69) is 26.2 Å². The SMILES string of the molecule is Cc1c([N+](=O)[O-])cnc(NC2CCC(C(=O)O)CC2)c1Br. The van der Waals surface area contributed by atoms with Gasteiger partial charge in [0.2, 0.25) is 0 Å². The Morgan fingerprint density at radius 1 is 1.48 bits per heavy atom. The lowest BCUT2D eigenvalue weighted by atomic mass is 9.86. The highest BCUT2D eigenvalue weighted by molar-refractivity contribution is 9.10. The number of rotatable bonds is 4. The Morgan fingerprint density at radius 3 is 2.62 bits per heavy atom.